The highest BCUT2D eigenvalue weighted by atomic mass is 127. The molecule has 0 amide bonds. The Bertz CT molecular complexity index is 435. The number of aryl methyl sites for hydroxylation is 2. The Kier molecular flexibility index (Phi) is 2.06. The lowest BCUT2D eigenvalue weighted by atomic mass is 10.4. The molecule has 2 rings (SSSR count). The minimum atomic E-state index is 0.377. The summed E-state index contributed by atoms with van der Waals surface area (Å²) < 4.78 is 10.8. The van der Waals surface area contributed by atoms with Crippen molar-refractivity contribution < 1.29 is 8.94 Å². The normalized spacial score (nSPS) is 10.7. The van der Waals surface area contributed by atoms with E-state index in [2.05, 4.69) is 15.1 Å². The van der Waals surface area contributed by atoms with E-state index >= 15 is 0 Å². The van der Waals surface area contributed by atoms with Gasteiger partial charge in [0.25, 0.3) is 5.89 Å². The molecule has 13 heavy (non-hydrogen) atoms. The van der Waals surface area contributed by atoms with Crippen LogP contribution in [0.15, 0.2) is 8.94 Å². The van der Waals surface area contributed by atoms with Gasteiger partial charge in [-0.2, -0.15) is 4.98 Å². The van der Waals surface area contributed by atoms with Crippen LogP contribution in [0.3, 0.4) is 0 Å². The van der Waals surface area contributed by atoms with Gasteiger partial charge in [0, 0.05) is 29.5 Å². The first-order chi connectivity index (χ1) is 6.16. The number of hydrogen-bond acceptors (Lipinski definition) is 5. The lowest BCUT2D eigenvalue weighted by Gasteiger charge is -1.85. The summed E-state index contributed by atoms with van der Waals surface area (Å²) >= 11 is 1.97. The standard InChI is InChI=1S/C7H6IN3O2/c1-3-5(12-4(2)9-3)6-10-7(8)11-13-6/h1-2H3. The molecule has 2 aromatic rings. The lowest BCUT2D eigenvalue weighted by molar-refractivity contribution is 0.408. The highest BCUT2D eigenvalue weighted by Crippen LogP contribution is 2.22. The summed E-state index contributed by atoms with van der Waals surface area (Å²) in [5.74, 6) is 1.52. The summed E-state index contributed by atoms with van der Waals surface area (Å²) in [5.41, 5.74) is 0.762. The summed E-state index contributed by atoms with van der Waals surface area (Å²) in [6.45, 7) is 3.61. The van der Waals surface area contributed by atoms with Crippen LogP contribution in [0.1, 0.15) is 11.6 Å². The molecular weight excluding hydrogens is 285 g/mol. The lowest BCUT2D eigenvalue weighted by Crippen LogP contribution is -1.78. The van der Waals surface area contributed by atoms with E-state index < -0.39 is 0 Å². The molecule has 6 heteroatoms. The number of aromatic nitrogens is 3. The molecule has 0 bridgehead atoms. The van der Waals surface area contributed by atoms with Crippen molar-refractivity contribution in [2.75, 3.05) is 0 Å². The van der Waals surface area contributed by atoms with E-state index in [-0.39, 0.29) is 0 Å². The summed E-state index contributed by atoms with van der Waals surface area (Å²) in [6.07, 6.45) is 0. The fraction of sp³-hybridized carbons (Fsp3) is 0.286. The maximum absolute atomic E-state index is 5.30. The van der Waals surface area contributed by atoms with Crippen LogP contribution < -0.4 is 0 Å². The van der Waals surface area contributed by atoms with Crippen molar-refractivity contribution in [2.24, 2.45) is 0 Å². The second-order valence-electron chi connectivity index (χ2n) is 2.52. The van der Waals surface area contributed by atoms with Gasteiger partial charge in [-0.05, 0) is 6.92 Å². The maximum Gasteiger partial charge on any atom is 0.296 e. The molecule has 0 aromatic carbocycles. The SMILES string of the molecule is Cc1nc(C)c(-c2nc(I)no2)o1. The number of nitrogens with zero attached hydrogens (tertiary/aromatic N) is 3. The van der Waals surface area contributed by atoms with Crippen molar-refractivity contribution in [3.8, 4) is 11.7 Å². The number of rotatable bonds is 1. The molecule has 0 N–H and O–H groups in total. The molecule has 0 saturated carbocycles. The minimum Gasteiger partial charge on any atom is -0.436 e. The Hall–Kier alpha value is -0.920. The smallest absolute Gasteiger partial charge is 0.296 e. The van der Waals surface area contributed by atoms with Gasteiger partial charge in [-0.1, -0.05) is 5.16 Å². The summed E-state index contributed by atoms with van der Waals surface area (Å²) in [5, 5.41) is 3.66. The Morgan fingerprint density at radius 2 is 2.00 bits per heavy atom. The van der Waals surface area contributed by atoms with Crippen LogP contribution in [0.5, 0.6) is 0 Å². The summed E-state index contributed by atoms with van der Waals surface area (Å²) in [6, 6.07) is 0. The Labute approximate surface area is 87.7 Å². The van der Waals surface area contributed by atoms with Crippen LogP contribution in [-0.4, -0.2) is 15.1 Å². The highest BCUT2D eigenvalue weighted by Gasteiger charge is 2.15. The molecule has 0 aliphatic heterocycles. The molecule has 0 aliphatic carbocycles. The van der Waals surface area contributed by atoms with Crippen LogP contribution in [0, 0.1) is 17.7 Å². The first kappa shape index (κ1) is 8.67. The Balaban J connectivity index is 2.51. The zero-order chi connectivity index (χ0) is 9.42. The van der Waals surface area contributed by atoms with Crippen molar-refractivity contribution in [1.82, 2.24) is 15.1 Å². The molecular formula is C7H6IN3O2. The molecule has 0 spiro atoms. The van der Waals surface area contributed by atoms with Gasteiger partial charge in [-0.15, -0.1) is 0 Å². The van der Waals surface area contributed by atoms with Crippen LogP contribution in [-0.2, 0) is 0 Å². The number of oxazole rings is 1. The molecule has 0 fully saturated rings. The van der Waals surface area contributed by atoms with Crippen LogP contribution in [0.4, 0.5) is 0 Å². The van der Waals surface area contributed by atoms with Crippen LogP contribution in [0.2, 0.25) is 0 Å². The summed E-state index contributed by atoms with van der Waals surface area (Å²) in [7, 11) is 0. The molecule has 2 aromatic heterocycles. The first-order valence-corrected chi connectivity index (χ1v) is 4.68. The van der Waals surface area contributed by atoms with Crippen LogP contribution in [0.25, 0.3) is 11.7 Å². The van der Waals surface area contributed by atoms with Crippen molar-refractivity contribution in [1.29, 1.82) is 0 Å². The van der Waals surface area contributed by atoms with Gasteiger partial charge in [0.1, 0.15) is 0 Å². The Morgan fingerprint density at radius 3 is 2.46 bits per heavy atom. The zero-order valence-electron chi connectivity index (χ0n) is 7.04. The number of halogens is 1. The maximum atomic E-state index is 5.30. The molecule has 0 radical (unpaired) electrons. The molecule has 0 atom stereocenters. The average molecular weight is 291 g/mol. The molecule has 5 nitrogen and oxygen atoms in total. The predicted octanol–water partition coefficient (Wildman–Crippen LogP) is 1.95. The van der Waals surface area contributed by atoms with Gasteiger partial charge in [0.15, 0.2) is 5.89 Å². The van der Waals surface area contributed by atoms with Gasteiger partial charge in [-0.3, -0.25) is 0 Å². The molecule has 68 valence electrons. The van der Waals surface area contributed by atoms with Crippen molar-refractivity contribution in [3.63, 3.8) is 0 Å². The fourth-order valence-electron chi connectivity index (χ4n) is 1.03. The largest absolute Gasteiger partial charge is 0.436 e. The van der Waals surface area contributed by atoms with Gasteiger partial charge in [0.2, 0.25) is 9.59 Å². The minimum absolute atomic E-state index is 0.377. The van der Waals surface area contributed by atoms with E-state index in [0.29, 0.717) is 21.4 Å². The topological polar surface area (TPSA) is 65.0 Å². The first-order valence-electron chi connectivity index (χ1n) is 3.60. The molecule has 0 aliphatic rings. The summed E-state index contributed by atoms with van der Waals surface area (Å²) in [4.78, 5) is 8.13. The van der Waals surface area contributed by atoms with E-state index in [0.717, 1.165) is 5.69 Å². The quantitative estimate of drug-likeness (QED) is 0.751. The predicted molar refractivity (Wildman–Crippen MR) is 52.0 cm³/mol. The fourth-order valence-corrected chi connectivity index (χ4v) is 1.35. The van der Waals surface area contributed by atoms with Gasteiger partial charge in [0.05, 0.1) is 5.69 Å². The number of hydrogen-bond donors (Lipinski definition) is 0. The van der Waals surface area contributed by atoms with Gasteiger partial charge in [-0.25, -0.2) is 4.98 Å². The monoisotopic (exact) mass is 291 g/mol. The van der Waals surface area contributed by atoms with Crippen molar-refractivity contribution in [2.45, 2.75) is 13.8 Å². The third-order valence-corrected chi connectivity index (χ3v) is 1.94. The second kappa shape index (κ2) is 3.09. The van der Waals surface area contributed by atoms with Gasteiger partial charge < -0.3 is 8.94 Å². The Morgan fingerprint density at radius 1 is 1.23 bits per heavy atom. The van der Waals surface area contributed by atoms with Crippen LogP contribution >= 0.6 is 22.6 Å². The third kappa shape index (κ3) is 1.58. The van der Waals surface area contributed by atoms with E-state index in [4.69, 9.17) is 8.94 Å². The third-order valence-electron chi connectivity index (χ3n) is 1.50. The average Bonchev–Trinajstić information content (AvgIpc) is 2.58. The van der Waals surface area contributed by atoms with Crippen molar-refractivity contribution >= 4 is 22.6 Å². The highest BCUT2D eigenvalue weighted by molar-refractivity contribution is 14.1. The molecule has 2 heterocycles. The van der Waals surface area contributed by atoms with Gasteiger partial charge >= 0.3 is 0 Å². The second-order valence-corrected chi connectivity index (χ2v) is 3.48. The van der Waals surface area contributed by atoms with E-state index in [1.807, 2.05) is 29.5 Å². The van der Waals surface area contributed by atoms with E-state index in [1.54, 1.807) is 6.92 Å². The van der Waals surface area contributed by atoms with E-state index in [1.165, 1.54) is 0 Å². The zero-order valence-corrected chi connectivity index (χ0v) is 9.19. The molecule has 0 saturated heterocycles. The van der Waals surface area contributed by atoms with Crippen molar-refractivity contribution in [3.05, 3.63) is 15.4 Å². The van der Waals surface area contributed by atoms with E-state index in [9.17, 15) is 0 Å². The molecule has 0 unspecified atom stereocenters.